The van der Waals surface area contributed by atoms with Gasteiger partial charge in [0.05, 0.1) is 6.04 Å². The number of aryl methyl sites for hydroxylation is 1. The lowest BCUT2D eigenvalue weighted by Gasteiger charge is -2.23. The van der Waals surface area contributed by atoms with Gasteiger partial charge in [-0.3, -0.25) is 0 Å². The summed E-state index contributed by atoms with van der Waals surface area (Å²) in [4.78, 5) is 0. The van der Waals surface area contributed by atoms with Gasteiger partial charge in [-0.1, -0.05) is 43.2 Å². The highest BCUT2D eigenvalue weighted by atomic mass is 127. The van der Waals surface area contributed by atoms with Gasteiger partial charge in [-0.25, -0.2) is 0 Å². The number of benzene rings is 1. The van der Waals surface area contributed by atoms with E-state index in [1.165, 1.54) is 46.8 Å². The molecule has 0 aromatic heterocycles. The van der Waals surface area contributed by atoms with E-state index in [1.54, 1.807) is 5.57 Å². The zero-order chi connectivity index (χ0) is 13.7. The van der Waals surface area contributed by atoms with E-state index in [9.17, 15) is 0 Å². The van der Waals surface area contributed by atoms with Crippen molar-refractivity contribution in [1.82, 2.24) is 5.32 Å². The zero-order valence-corrected chi connectivity index (χ0v) is 14.2. The average molecular weight is 369 g/mol. The summed E-state index contributed by atoms with van der Waals surface area (Å²) in [6.07, 6.45) is 9.06. The lowest BCUT2D eigenvalue weighted by molar-refractivity contribution is 0.587. The van der Waals surface area contributed by atoms with Crippen LogP contribution in [0.25, 0.3) is 0 Å². The predicted molar refractivity (Wildman–Crippen MR) is 91.5 cm³/mol. The lowest BCUT2D eigenvalue weighted by Crippen LogP contribution is -2.24. The van der Waals surface area contributed by atoms with E-state index in [2.05, 4.69) is 66.0 Å². The monoisotopic (exact) mass is 369 g/mol. The molecule has 0 heterocycles. The van der Waals surface area contributed by atoms with E-state index in [1.807, 2.05) is 0 Å². The topological polar surface area (TPSA) is 12.0 Å². The molecule has 0 bridgehead atoms. The predicted octanol–water partition coefficient (Wildman–Crippen LogP) is 5.14. The van der Waals surface area contributed by atoms with Crippen molar-refractivity contribution in [2.75, 3.05) is 6.54 Å². The van der Waals surface area contributed by atoms with Gasteiger partial charge in [-0.15, -0.1) is 0 Å². The molecule has 1 aliphatic rings. The second-order valence-corrected chi connectivity index (χ2v) is 6.43. The van der Waals surface area contributed by atoms with E-state index < -0.39 is 0 Å². The molecule has 1 atom stereocenters. The Bertz CT molecular complexity index is 451. The van der Waals surface area contributed by atoms with Gasteiger partial charge in [0.15, 0.2) is 0 Å². The number of halogens is 1. The van der Waals surface area contributed by atoms with Crippen LogP contribution in [0.4, 0.5) is 0 Å². The van der Waals surface area contributed by atoms with Crippen LogP contribution in [0.1, 0.15) is 56.2 Å². The van der Waals surface area contributed by atoms with Crippen LogP contribution in [0.2, 0.25) is 0 Å². The highest BCUT2D eigenvalue weighted by Gasteiger charge is 2.19. The van der Waals surface area contributed by atoms with E-state index >= 15 is 0 Å². The van der Waals surface area contributed by atoms with Crippen LogP contribution in [0, 0.1) is 10.5 Å². The molecule has 19 heavy (non-hydrogen) atoms. The SMILES string of the molecule is CCNC(C1=CCCCCC1)c1cccc(C)c1I. The van der Waals surface area contributed by atoms with Crippen LogP contribution < -0.4 is 5.32 Å². The molecule has 1 N–H and O–H groups in total. The molecule has 0 saturated heterocycles. The standard InChI is InChI=1S/C17H24IN/c1-3-19-17(14-10-6-4-5-7-11-14)15-12-8-9-13(2)16(15)18/h8-10,12,17,19H,3-7,11H2,1-2H3. The molecule has 1 nitrogen and oxygen atoms in total. The van der Waals surface area contributed by atoms with Gasteiger partial charge in [0, 0.05) is 3.57 Å². The number of hydrogen-bond donors (Lipinski definition) is 1. The maximum atomic E-state index is 3.69. The summed E-state index contributed by atoms with van der Waals surface area (Å²) in [5.74, 6) is 0. The fourth-order valence-electron chi connectivity index (χ4n) is 2.84. The van der Waals surface area contributed by atoms with Crippen molar-refractivity contribution in [3.63, 3.8) is 0 Å². The molecular weight excluding hydrogens is 345 g/mol. The molecule has 2 heteroatoms. The normalized spacial score (nSPS) is 17.7. The summed E-state index contributed by atoms with van der Waals surface area (Å²) in [5, 5.41) is 3.69. The maximum Gasteiger partial charge on any atom is 0.0546 e. The lowest BCUT2D eigenvalue weighted by atomic mass is 9.94. The summed E-state index contributed by atoms with van der Waals surface area (Å²) >= 11 is 2.50. The van der Waals surface area contributed by atoms with Gasteiger partial charge in [-0.05, 0) is 72.9 Å². The third kappa shape index (κ3) is 3.82. The number of rotatable bonds is 4. The Morgan fingerprint density at radius 1 is 1.26 bits per heavy atom. The van der Waals surface area contributed by atoms with E-state index in [4.69, 9.17) is 0 Å². The first kappa shape index (κ1) is 15.0. The number of likely N-dealkylation sites (N-methyl/N-ethyl adjacent to an activating group) is 1. The second-order valence-electron chi connectivity index (χ2n) is 5.35. The van der Waals surface area contributed by atoms with Crippen LogP contribution in [0.5, 0.6) is 0 Å². The molecule has 1 aromatic carbocycles. The highest BCUT2D eigenvalue weighted by Crippen LogP contribution is 2.32. The van der Waals surface area contributed by atoms with Crippen molar-refractivity contribution < 1.29 is 0 Å². The molecule has 1 aromatic rings. The third-order valence-corrected chi connectivity index (χ3v) is 5.36. The molecule has 104 valence electrons. The van der Waals surface area contributed by atoms with Crippen molar-refractivity contribution in [2.45, 2.75) is 52.0 Å². The van der Waals surface area contributed by atoms with Crippen molar-refractivity contribution >= 4 is 22.6 Å². The molecular formula is C17H24IN. The minimum Gasteiger partial charge on any atom is -0.307 e. The minimum atomic E-state index is 0.412. The van der Waals surface area contributed by atoms with Gasteiger partial charge in [0.1, 0.15) is 0 Å². The van der Waals surface area contributed by atoms with E-state index in [0.717, 1.165) is 6.54 Å². The molecule has 0 amide bonds. The Balaban J connectivity index is 2.33. The maximum absolute atomic E-state index is 3.69. The largest absolute Gasteiger partial charge is 0.307 e. The zero-order valence-electron chi connectivity index (χ0n) is 12.0. The molecule has 0 fully saturated rings. The first-order chi connectivity index (χ1) is 9.24. The van der Waals surface area contributed by atoms with Gasteiger partial charge in [-0.2, -0.15) is 0 Å². The summed E-state index contributed by atoms with van der Waals surface area (Å²) < 4.78 is 1.41. The van der Waals surface area contributed by atoms with Crippen LogP contribution >= 0.6 is 22.6 Å². The molecule has 1 aliphatic carbocycles. The Labute approximate surface area is 131 Å². The van der Waals surface area contributed by atoms with Crippen molar-refractivity contribution in [3.8, 4) is 0 Å². The molecule has 0 spiro atoms. The van der Waals surface area contributed by atoms with Crippen molar-refractivity contribution in [3.05, 3.63) is 44.5 Å². The Kier molecular flexibility index (Phi) is 5.89. The van der Waals surface area contributed by atoms with Crippen LogP contribution in [0.3, 0.4) is 0 Å². The number of nitrogens with one attached hydrogen (secondary N) is 1. The molecule has 0 aliphatic heterocycles. The van der Waals surface area contributed by atoms with Gasteiger partial charge in [0.25, 0.3) is 0 Å². The Morgan fingerprint density at radius 3 is 2.89 bits per heavy atom. The summed E-state index contributed by atoms with van der Waals surface area (Å²) in [6, 6.07) is 7.09. The fraction of sp³-hybridized carbons (Fsp3) is 0.529. The minimum absolute atomic E-state index is 0.412. The quantitative estimate of drug-likeness (QED) is 0.572. The van der Waals surface area contributed by atoms with Crippen molar-refractivity contribution in [1.29, 1.82) is 0 Å². The number of allylic oxidation sites excluding steroid dienone is 1. The van der Waals surface area contributed by atoms with Crippen molar-refractivity contribution in [2.24, 2.45) is 0 Å². The van der Waals surface area contributed by atoms with Crippen LogP contribution in [-0.2, 0) is 0 Å². The third-order valence-electron chi connectivity index (χ3n) is 3.89. The van der Waals surface area contributed by atoms with Crippen LogP contribution in [0.15, 0.2) is 29.8 Å². The van der Waals surface area contributed by atoms with Gasteiger partial charge in [0.2, 0.25) is 0 Å². The summed E-state index contributed by atoms with van der Waals surface area (Å²) in [7, 11) is 0. The van der Waals surface area contributed by atoms with E-state index in [-0.39, 0.29) is 0 Å². The Hall–Kier alpha value is -0.350. The number of hydrogen-bond acceptors (Lipinski definition) is 1. The highest BCUT2D eigenvalue weighted by molar-refractivity contribution is 14.1. The summed E-state index contributed by atoms with van der Waals surface area (Å²) in [6.45, 7) is 5.43. The van der Waals surface area contributed by atoms with Crippen LogP contribution in [-0.4, -0.2) is 6.54 Å². The van der Waals surface area contributed by atoms with E-state index in [0.29, 0.717) is 6.04 Å². The molecule has 0 radical (unpaired) electrons. The summed E-state index contributed by atoms with van der Waals surface area (Å²) in [5.41, 5.74) is 4.44. The first-order valence-electron chi connectivity index (χ1n) is 7.41. The molecule has 2 rings (SSSR count). The smallest absolute Gasteiger partial charge is 0.0546 e. The van der Waals surface area contributed by atoms with Gasteiger partial charge < -0.3 is 5.32 Å². The molecule has 0 saturated carbocycles. The Morgan fingerprint density at radius 2 is 2.11 bits per heavy atom. The first-order valence-corrected chi connectivity index (χ1v) is 8.49. The fourth-order valence-corrected chi connectivity index (χ4v) is 3.51. The average Bonchev–Trinajstić information content (AvgIpc) is 2.68. The van der Waals surface area contributed by atoms with Gasteiger partial charge >= 0.3 is 0 Å². The second kappa shape index (κ2) is 7.44. The molecule has 1 unspecified atom stereocenters.